The van der Waals surface area contributed by atoms with Gasteiger partial charge in [-0.3, -0.25) is 0 Å². The summed E-state index contributed by atoms with van der Waals surface area (Å²) < 4.78 is 5.01. The Morgan fingerprint density at radius 2 is 0.553 bits per heavy atom. The average molecular weight is 1050 g/mol. The lowest BCUT2D eigenvalue weighted by Crippen LogP contribution is -2.26. The maximum Gasteiger partial charge on any atom is 0.260 e. The third-order valence-electron chi connectivity index (χ3n) is 16.0. The molecule has 0 atom stereocenters. The maximum absolute atomic E-state index is 2.72. The van der Waals surface area contributed by atoms with Crippen LogP contribution in [0.1, 0.15) is 251 Å². The van der Waals surface area contributed by atoms with Crippen LogP contribution in [0.5, 0.6) is 0 Å². The summed E-state index contributed by atoms with van der Waals surface area (Å²) in [6.07, 6.45) is 45.9. The standard InChI is InChI=1S/C71H110N4S/c1-8-12-16-20-24-28-32-36-56-72(57-37-33-29-25-21-17-13-9-2)64-48-52-68(53-49-64)75(71-63(7)60-70(76-71)74(66-44-40-61(5)41-45-66)67-46-42-62(6)43-47-67)69-54-50-65(51-55-69)73(58-38-34-30-26-22-18-14-10-3)59-39-35-31-27-23-19-15-11-4/h40-55,60H,8-39,56-59H2,1-7H3/q+2. The van der Waals surface area contributed by atoms with Gasteiger partial charge in [-0.25, -0.2) is 0 Å². The maximum atomic E-state index is 2.72. The molecule has 76 heavy (non-hydrogen) atoms. The molecule has 0 bridgehead atoms. The van der Waals surface area contributed by atoms with Crippen molar-refractivity contribution >= 4 is 56.0 Å². The molecule has 0 fully saturated rings. The van der Waals surface area contributed by atoms with Crippen molar-refractivity contribution < 1.29 is 0 Å². The molecular weight excluding hydrogens is 941 g/mol. The SMILES string of the molecule is CCCCCCCCCCN(CCCCCCCCCC)c1ccc([N+](=C2SC(=[N+](c3ccc(C)cc3)c3ccc(C)cc3)C=C2C)c2ccc(N(CCCCCCCCCC)CCCCCCCCCC)cc2)cc1. The van der Waals surface area contributed by atoms with Crippen LogP contribution in [0.2, 0.25) is 0 Å². The van der Waals surface area contributed by atoms with Crippen molar-refractivity contribution in [1.29, 1.82) is 0 Å². The fraction of sp³-hybridized carbons (Fsp3) is 0.606. The Balaban J connectivity index is 1.47. The number of hydrogen-bond acceptors (Lipinski definition) is 3. The third-order valence-corrected chi connectivity index (χ3v) is 17.2. The molecule has 0 unspecified atom stereocenters. The van der Waals surface area contributed by atoms with Crippen LogP contribution < -0.4 is 19.0 Å². The van der Waals surface area contributed by atoms with Gasteiger partial charge in [-0.05, 0) is 70.7 Å². The number of unbranched alkanes of at least 4 members (excludes halogenated alkanes) is 28. The molecule has 4 nitrogen and oxygen atoms in total. The smallest absolute Gasteiger partial charge is 0.260 e. The minimum atomic E-state index is 1.14. The highest BCUT2D eigenvalue weighted by molar-refractivity contribution is 8.28. The number of rotatable bonds is 42. The van der Waals surface area contributed by atoms with Gasteiger partial charge >= 0.3 is 0 Å². The predicted octanol–water partition coefficient (Wildman–Crippen LogP) is 22.3. The van der Waals surface area contributed by atoms with E-state index in [-0.39, 0.29) is 0 Å². The predicted molar refractivity (Wildman–Crippen MR) is 344 cm³/mol. The number of nitrogens with zero attached hydrogens (tertiary/aromatic N) is 4. The van der Waals surface area contributed by atoms with Crippen molar-refractivity contribution in [2.75, 3.05) is 36.0 Å². The molecule has 1 aliphatic heterocycles. The normalized spacial score (nSPS) is 12.4. The molecule has 0 radical (unpaired) electrons. The Hall–Kier alpha value is -4.09. The molecule has 0 saturated heterocycles. The summed E-state index contributed by atoms with van der Waals surface area (Å²) in [6, 6.07) is 37.5. The first-order valence-electron chi connectivity index (χ1n) is 31.9. The molecule has 0 aromatic heterocycles. The van der Waals surface area contributed by atoms with E-state index in [0.717, 1.165) is 26.2 Å². The van der Waals surface area contributed by atoms with E-state index in [0.29, 0.717) is 0 Å². The van der Waals surface area contributed by atoms with E-state index in [9.17, 15) is 0 Å². The average Bonchev–Trinajstić information content (AvgIpc) is 3.81. The zero-order valence-corrected chi connectivity index (χ0v) is 50.8. The first-order valence-corrected chi connectivity index (χ1v) is 32.7. The summed E-state index contributed by atoms with van der Waals surface area (Å²) in [5, 5.41) is 2.49. The Bertz CT molecular complexity index is 2040. The molecule has 1 heterocycles. The molecular formula is C71H110N4S+2. The first-order chi connectivity index (χ1) is 37.4. The van der Waals surface area contributed by atoms with Crippen molar-refractivity contribution in [2.45, 2.75) is 254 Å². The van der Waals surface area contributed by atoms with Gasteiger partial charge in [0, 0.05) is 97.7 Å². The van der Waals surface area contributed by atoms with E-state index >= 15 is 0 Å². The summed E-state index contributed by atoms with van der Waals surface area (Å²) in [7, 11) is 0. The van der Waals surface area contributed by atoms with Gasteiger partial charge in [-0.1, -0.05) is 243 Å². The lowest BCUT2D eigenvalue weighted by molar-refractivity contribution is 0.555. The van der Waals surface area contributed by atoms with Gasteiger partial charge in [-0.15, -0.1) is 9.15 Å². The first kappa shape index (κ1) is 62.7. The molecule has 5 rings (SSSR count). The lowest BCUT2D eigenvalue weighted by atomic mass is 10.1. The van der Waals surface area contributed by atoms with Crippen LogP contribution in [0.25, 0.3) is 0 Å². The van der Waals surface area contributed by atoms with Gasteiger partial charge in [0.15, 0.2) is 0 Å². The Kier molecular flexibility index (Phi) is 31.8. The van der Waals surface area contributed by atoms with E-state index in [1.165, 1.54) is 266 Å². The largest absolute Gasteiger partial charge is 0.372 e. The molecule has 4 aromatic carbocycles. The van der Waals surface area contributed by atoms with Crippen molar-refractivity contribution in [3.05, 3.63) is 120 Å². The van der Waals surface area contributed by atoms with E-state index in [2.05, 4.69) is 171 Å². The summed E-state index contributed by atoms with van der Waals surface area (Å²) >= 11 is 1.90. The van der Waals surface area contributed by atoms with E-state index < -0.39 is 0 Å². The molecule has 0 saturated carbocycles. The summed E-state index contributed by atoms with van der Waals surface area (Å²) in [5.41, 5.74) is 11.4. The minimum Gasteiger partial charge on any atom is -0.372 e. The second-order valence-corrected chi connectivity index (χ2v) is 23.8. The van der Waals surface area contributed by atoms with Gasteiger partial charge in [0.1, 0.15) is 0 Å². The summed E-state index contributed by atoms with van der Waals surface area (Å²) in [4.78, 5) is 5.44. The van der Waals surface area contributed by atoms with E-state index in [1.54, 1.807) is 0 Å². The number of thioether (sulfide) groups is 1. The van der Waals surface area contributed by atoms with Crippen LogP contribution in [0.15, 0.2) is 109 Å². The van der Waals surface area contributed by atoms with Gasteiger partial charge < -0.3 is 9.80 Å². The fourth-order valence-electron chi connectivity index (χ4n) is 11.1. The van der Waals surface area contributed by atoms with Crippen LogP contribution in [-0.4, -0.2) is 36.3 Å². The number of anilines is 2. The summed E-state index contributed by atoms with van der Waals surface area (Å²) in [6.45, 7) is 20.5. The highest BCUT2D eigenvalue weighted by atomic mass is 32.2. The van der Waals surface area contributed by atoms with Crippen LogP contribution in [0, 0.1) is 13.8 Å². The highest BCUT2D eigenvalue weighted by Crippen LogP contribution is 2.36. The van der Waals surface area contributed by atoms with Crippen molar-refractivity contribution in [2.24, 2.45) is 0 Å². The van der Waals surface area contributed by atoms with Gasteiger partial charge in [0.2, 0.25) is 22.7 Å². The van der Waals surface area contributed by atoms with Gasteiger partial charge in [0.25, 0.3) is 10.1 Å². The summed E-state index contributed by atoms with van der Waals surface area (Å²) in [5.74, 6) is 0. The molecule has 0 spiro atoms. The lowest BCUT2D eigenvalue weighted by Gasteiger charge is -2.25. The fourth-order valence-corrected chi connectivity index (χ4v) is 12.3. The van der Waals surface area contributed by atoms with Gasteiger partial charge in [0.05, 0.1) is 11.8 Å². The van der Waals surface area contributed by atoms with Crippen molar-refractivity contribution in [3.63, 3.8) is 0 Å². The highest BCUT2D eigenvalue weighted by Gasteiger charge is 2.35. The topological polar surface area (TPSA) is 12.5 Å². The third kappa shape index (κ3) is 23.1. The van der Waals surface area contributed by atoms with Crippen LogP contribution in [-0.2, 0) is 0 Å². The van der Waals surface area contributed by atoms with E-state index in [4.69, 9.17) is 0 Å². The van der Waals surface area contributed by atoms with Gasteiger partial charge in [-0.2, -0.15) is 0 Å². The minimum absolute atomic E-state index is 1.14. The number of benzene rings is 4. The zero-order valence-electron chi connectivity index (χ0n) is 50.0. The molecule has 5 heteroatoms. The Morgan fingerprint density at radius 1 is 0.303 bits per heavy atom. The quantitative estimate of drug-likeness (QED) is 0.0324. The Morgan fingerprint density at radius 3 is 0.842 bits per heavy atom. The second-order valence-electron chi connectivity index (χ2n) is 22.8. The second kappa shape index (κ2) is 38.5. The number of aryl methyl sites for hydroxylation is 2. The molecule has 418 valence electrons. The molecule has 0 aliphatic carbocycles. The zero-order chi connectivity index (χ0) is 53.8. The molecule has 0 amide bonds. The van der Waals surface area contributed by atoms with Crippen molar-refractivity contribution in [3.8, 4) is 0 Å². The van der Waals surface area contributed by atoms with Crippen LogP contribution in [0.3, 0.4) is 0 Å². The Labute approximate surface area is 472 Å². The van der Waals surface area contributed by atoms with E-state index in [1.807, 2.05) is 11.8 Å². The monoisotopic (exact) mass is 1050 g/mol. The van der Waals surface area contributed by atoms with Crippen LogP contribution >= 0.6 is 11.8 Å². The van der Waals surface area contributed by atoms with Crippen LogP contribution in [0.4, 0.5) is 34.1 Å². The number of hydrogen-bond donors (Lipinski definition) is 0. The molecule has 1 aliphatic rings. The van der Waals surface area contributed by atoms with Crippen molar-refractivity contribution in [1.82, 2.24) is 9.15 Å². The molecule has 4 aromatic rings. The molecule has 0 N–H and O–H groups in total.